The number of nitrogens with zero attached hydrogens (tertiary/aromatic N) is 3. The summed E-state index contributed by atoms with van der Waals surface area (Å²) in [6, 6.07) is 14.3. The molecule has 208 valence electrons. The number of rotatable bonds is 7. The van der Waals surface area contributed by atoms with E-state index in [4.69, 9.17) is 18.9 Å². The van der Waals surface area contributed by atoms with E-state index in [-0.39, 0.29) is 11.7 Å². The van der Waals surface area contributed by atoms with Crippen LogP contribution in [-0.4, -0.2) is 81.3 Å². The van der Waals surface area contributed by atoms with Gasteiger partial charge in [0.25, 0.3) is 5.56 Å². The van der Waals surface area contributed by atoms with Gasteiger partial charge in [-0.1, -0.05) is 0 Å². The van der Waals surface area contributed by atoms with E-state index >= 15 is 0 Å². The topological polar surface area (TPSA) is 65.4 Å². The molecule has 4 heterocycles. The van der Waals surface area contributed by atoms with Crippen LogP contribution >= 0.6 is 0 Å². The van der Waals surface area contributed by atoms with Gasteiger partial charge >= 0.3 is 0 Å². The molecule has 3 saturated heterocycles. The zero-order valence-corrected chi connectivity index (χ0v) is 22.8. The van der Waals surface area contributed by atoms with Gasteiger partial charge in [0.15, 0.2) is 0 Å². The molecule has 3 aromatic rings. The maximum atomic E-state index is 13.5. The van der Waals surface area contributed by atoms with Gasteiger partial charge in [0, 0.05) is 69.7 Å². The number of anilines is 1. The Labute approximate surface area is 230 Å². The van der Waals surface area contributed by atoms with Gasteiger partial charge in [-0.05, 0) is 73.9 Å². The van der Waals surface area contributed by atoms with Gasteiger partial charge in [-0.3, -0.25) is 14.3 Å². The summed E-state index contributed by atoms with van der Waals surface area (Å²) in [5.41, 5.74) is 1.81. The molecule has 2 aromatic carbocycles. The van der Waals surface area contributed by atoms with Gasteiger partial charge < -0.3 is 23.8 Å². The first kappa shape index (κ1) is 26.2. The number of fused-ring (bicyclic) bond motifs is 1. The lowest BCUT2D eigenvalue weighted by Crippen LogP contribution is -2.41. The number of hydrogen-bond donors (Lipinski definition) is 0. The minimum atomic E-state index is -0.0603. The molecule has 0 saturated carbocycles. The predicted octanol–water partition coefficient (Wildman–Crippen LogP) is 4.25. The monoisotopic (exact) mass is 533 g/mol. The fourth-order valence-corrected chi connectivity index (χ4v) is 6.15. The van der Waals surface area contributed by atoms with Crippen molar-refractivity contribution >= 4 is 16.5 Å². The molecule has 0 N–H and O–H groups in total. The Kier molecular flexibility index (Phi) is 8.04. The Morgan fingerprint density at radius 3 is 2.64 bits per heavy atom. The third kappa shape index (κ3) is 5.78. The molecule has 8 heteroatoms. The first-order chi connectivity index (χ1) is 19.2. The molecule has 3 aliphatic heterocycles. The smallest absolute Gasteiger partial charge is 0.262 e. The molecule has 1 unspecified atom stereocenters. The number of pyridine rings is 1. The second kappa shape index (κ2) is 12.0. The lowest BCUT2D eigenvalue weighted by Gasteiger charge is -2.33. The van der Waals surface area contributed by atoms with Crippen LogP contribution in [0.2, 0.25) is 0 Å². The predicted molar refractivity (Wildman–Crippen MR) is 153 cm³/mol. The van der Waals surface area contributed by atoms with Crippen LogP contribution in [0.15, 0.2) is 53.5 Å². The van der Waals surface area contributed by atoms with Gasteiger partial charge in [0.1, 0.15) is 18.1 Å². The highest BCUT2D eigenvalue weighted by Crippen LogP contribution is 2.32. The highest BCUT2D eigenvalue weighted by molar-refractivity contribution is 5.83. The summed E-state index contributed by atoms with van der Waals surface area (Å²) in [5, 5.41) is 1.52. The minimum absolute atomic E-state index is 0.0603. The van der Waals surface area contributed by atoms with Crippen LogP contribution < -0.4 is 19.9 Å². The summed E-state index contributed by atoms with van der Waals surface area (Å²) in [5.74, 6) is 1.55. The summed E-state index contributed by atoms with van der Waals surface area (Å²) >= 11 is 0. The van der Waals surface area contributed by atoms with E-state index in [0.717, 1.165) is 106 Å². The Hall–Kier alpha value is -3.07. The van der Waals surface area contributed by atoms with Crippen LogP contribution in [-0.2, 0) is 9.47 Å². The molecule has 1 atom stereocenters. The minimum Gasteiger partial charge on any atom is -0.495 e. The van der Waals surface area contributed by atoms with Crippen molar-refractivity contribution in [3.8, 4) is 17.2 Å². The van der Waals surface area contributed by atoms with E-state index in [1.807, 2.05) is 42.6 Å². The fraction of sp³-hybridized carbons (Fsp3) is 0.516. The third-order valence-electron chi connectivity index (χ3n) is 8.36. The lowest BCUT2D eigenvalue weighted by molar-refractivity contribution is 0.0365. The average molecular weight is 534 g/mol. The first-order valence-corrected chi connectivity index (χ1v) is 14.3. The van der Waals surface area contributed by atoms with Crippen LogP contribution in [0.4, 0.5) is 5.69 Å². The molecule has 0 amide bonds. The van der Waals surface area contributed by atoms with Crippen molar-refractivity contribution < 1.29 is 18.9 Å². The molecule has 0 spiro atoms. The normalized spacial score (nSPS) is 21.3. The second-order valence-corrected chi connectivity index (χ2v) is 10.8. The van der Waals surface area contributed by atoms with Crippen molar-refractivity contribution in [2.24, 2.45) is 0 Å². The standard InChI is InChI=1S/C31H39N3O5/c1-36-30-21-25(5-8-29(30)33-13-3-12-32(15-16-33)24-10-18-37-19-11-24)34-14-9-23-20-26(6-7-28(23)31(34)35)39-22-27-4-2-17-38-27/h5-9,14,20-21,24,27H,2-4,10-13,15-19,22H2,1H3. The largest absolute Gasteiger partial charge is 0.495 e. The summed E-state index contributed by atoms with van der Waals surface area (Å²) < 4.78 is 24.7. The summed E-state index contributed by atoms with van der Waals surface area (Å²) in [6.45, 7) is 7.21. The second-order valence-electron chi connectivity index (χ2n) is 10.8. The van der Waals surface area contributed by atoms with E-state index in [9.17, 15) is 4.79 Å². The summed E-state index contributed by atoms with van der Waals surface area (Å²) in [7, 11) is 1.70. The van der Waals surface area contributed by atoms with E-state index in [0.29, 0.717) is 18.0 Å². The van der Waals surface area contributed by atoms with E-state index in [1.165, 1.54) is 0 Å². The van der Waals surface area contributed by atoms with Crippen molar-refractivity contribution in [3.05, 3.63) is 59.0 Å². The SMILES string of the molecule is COc1cc(-n2ccc3cc(OCC4CCCO4)ccc3c2=O)ccc1N1CCCN(C2CCOCC2)CC1. The van der Waals surface area contributed by atoms with E-state index in [1.54, 1.807) is 11.7 Å². The van der Waals surface area contributed by atoms with Crippen molar-refractivity contribution in [2.45, 2.75) is 44.2 Å². The van der Waals surface area contributed by atoms with Gasteiger partial charge in [0.05, 0.1) is 24.6 Å². The van der Waals surface area contributed by atoms with Crippen LogP contribution in [0.1, 0.15) is 32.1 Å². The average Bonchev–Trinajstić information content (AvgIpc) is 3.39. The van der Waals surface area contributed by atoms with Crippen LogP contribution in [0.5, 0.6) is 11.5 Å². The van der Waals surface area contributed by atoms with Crippen LogP contribution in [0.3, 0.4) is 0 Å². The number of hydrogen-bond acceptors (Lipinski definition) is 7. The number of benzene rings is 2. The molecule has 3 fully saturated rings. The Morgan fingerprint density at radius 2 is 1.82 bits per heavy atom. The molecule has 1 aromatic heterocycles. The van der Waals surface area contributed by atoms with Crippen molar-refractivity contribution in [1.82, 2.24) is 9.47 Å². The highest BCUT2D eigenvalue weighted by atomic mass is 16.5. The zero-order valence-electron chi connectivity index (χ0n) is 22.8. The van der Waals surface area contributed by atoms with Gasteiger partial charge in [-0.15, -0.1) is 0 Å². The maximum Gasteiger partial charge on any atom is 0.262 e. The van der Waals surface area contributed by atoms with Crippen molar-refractivity contribution in [3.63, 3.8) is 0 Å². The molecular weight excluding hydrogens is 494 g/mol. The summed E-state index contributed by atoms with van der Waals surface area (Å²) in [4.78, 5) is 18.5. The van der Waals surface area contributed by atoms with E-state index < -0.39 is 0 Å². The molecule has 6 rings (SSSR count). The Morgan fingerprint density at radius 1 is 0.923 bits per heavy atom. The molecule has 3 aliphatic rings. The van der Waals surface area contributed by atoms with Gasteiger partial charge in [-0.2, -0.15) is 0 Å². The van der Waals surface area contributed by atoms with Crippen LogP contribution in [0, 0.1) is 0 Å². The maximum absolute atomic E-state index is 13.5. The quantitative estimate of drug-likeness (QED) is 0.450. The molecule has 0 radical (unpaired) electrons. The molecule has 0 aliphatic carbocycles. The molecular formula is C31H39N3O5. The van der Waals surface area contributed by atoms with E-state index in [2.05, 4.69) is 15.9 Å². The van der Waals surface area contributed by atoms with Crippen molar-refractivity contribution in [2.75, 3.05) is 64.6 Å². The zero-order chi connectivity index (χ0) is 26.6. The molecule has 8 nitrogen and oxygen atoms in total. The van der Waals surface area contributed by atoms with Gasteiger partial charge in [-0.25, -0.2) is 0 Å². The molecule has 0 bridgehead atoms. The van der Waals surface area contributed by atoms with Crippen molar-refractivity contribution in [1.29, 1.82) is 0 Å². The Bertz CT molecular complexity index is 1330. The lowest BCUT2D eigenvalue weighted by atomic mass is 10.1. The number of aromatic nitrogens is 1. The Balaban J connectivity index is 1.19. The van der Waals surface area contributed by atoms with Gasteiger partial charge in [0.2, 0.25) is 0 Å². The number of methoxy groups -OCH3 is 1. The van der Waals surface area contributed by atoms with Crippen LogP contribution in [0.25, 0.3) is 16.5 Å². The molecule has 39 heavy (non-hydrogen) atoms. The number of ether oxygens (including phenoxy) is 4. The first-order valence-electron chi connectivity index (χ1n) is 14.3. The highest BCUT2D eigenvalue weighted by Gasteiger charge is 2.25. The fourth-order valence-electron chi connectivity index (χ4n) is 6.15. The summed E-state index contributed by atoms with van der Waals surface area (Å²) in [6.07, 6.45) is 7.49. The third-order valence-corrected chi connectivity index (χ3v) is 8.36.